The number of carbonyl (C=O) groups excluding carboxylic acids is 1. The van der Waals surface area contributed by atoms with Crippen LogP contribution in [0.4, 0.5) is 9.18 Å². The molecule has 0 saturated carbocycles. The Labute approximate surface area is 233 Å². The zero-order valence-corrected chi connectivity index (χ0v) is 24.8. The van der Waals surface area contributed by atoms with Crippen molar-refractivity contribution in [2.24, 2.45) is 0 Å². The van der Waals surface area contributed by atoms with Gasteiger partial charge in [0.1, 0.15) is 11.4 Å². The number of nitrogens with zero attached hydrogens (tertiary/aromatic N) is 3. The van der Waals surface area contributed by atoms with Crippen molar-refractivity contribution in [1.29, 1.82) is 0 Å². The number of likely N-dealkylation sites (tertiary alicyclic amines) is 1. The fourth-order valence-electron chi connectivity index (χ4n) is 4.68. The molecule has 1 atom stereocenters. The molecule has 0 spiro atoms. The lowest BCUT2D eigenvalue weighted by molar-refractivity contribution is -0.00935. The zero-order chi connectivity index (χ0) is 26.1. The van der Waals surface area contributed by atoms with Crippen LogP contribution in [0.3, 0.4) is 0 Å². The van der Waals surface area contributed by atoms with Crippen molar-refractivity contribution < 1.29 is 18.7 Å². The second-order valence-corrected chi connectivity index (χ2v) is 12.0. The SMILES string of the molecule is CC(OCC1(c2ccc(F)cc2)CCN(C(=O)OC(C)(C)C)CC1)c1cc(Br)cc2cn(CI)nc12. The molecule has 1 saturated heterocycles. The van der Waals surface area contributed by atoms with Crippen molar-refractivity contribution in [3.05, 3.63) is 64.0 Å². The molecule has 0 N–H and O–H groups in total. The number of rotatable bonds is 6. The summed E-state index contributed by atoms with van der Waals surface area (Å²) in [4.78, 5) is 14.4. The molecule has 1 aliphatic heterocycles. The third kappa shape index (κ3) is 6.22. The van der Waals surface area contributed by atoms with E-state index in [2.05, 4.69) is 50.7 Å². The first kappa shape index (κ1) is 27.3. The van der Waals surface area contributed by atoms with Gasteiger partial charge in [0.2, 0.25) is 0 Å². The predicted molar refractivity (Wildman–Crippen MR) is 151 cm³/mol. The van der Waals surface area contributed by atoms with E-state index >= 15 is 0 Å². The molecular weight excluding hydrogens is 640 g/mol. The third-order valence-electron chi connectivity index (χ3n) is 6.65. The number of benzene rings is 2. The van der Waals surface area contributed by atoms with E-state index in [1.165, 1.54) is 12.1 Å². The highest BCUT2D eigenvalue weighted by Crippen LogP contribution is 2.39. The lowest BCUT2D eigenvalue weighted by atomic mass is 9.73. The van der Waals surface area contributed by atoms with Crippen LogP contribution in [0.1, 0.15) is 57.8 Å². The summed E-state index contributed by atoms with van der Waals surface area (Å²) in [7, 11) is 0. The van der Waals surface area contributed by atoms with Crippen LogP contribution in [0.2, 0.25) is 0 Å². The number of fused-ring (bicyclic) bond motifs is 1. The highest BCUT2D eigenvalue weighted by molar-refractivity contribution is 14.1. The number of alkyl halides is 1. The number of aromatic nitrogens is 2. The lowest BCUT2D eigenvalue weighted by Gasteiger charge is -2.42. The molecule has 1 fully saturated rings. The Morgan fingerprint density at radius 1 is 1.22 bits per heavy atom. The molecule has 4 rings (SSSR count). The third-order valence-corrected chi connectivity index (χ3v) is 7.81. The fraction of sp³-hybridized carbons (Fsp3) is 0.481. The van der Waals surface area contributed by atoms with Crippen molar-refractivity contribution in [1.82, 2.24) is 14.7 Å². The maximum Gasteiger partial charge on any atom is 0.410 e. The van der Waals surface area contributed by atoms with E-state index in [1.54, 1.807) is 4.90 Å². The Kier molecular flexibility index (Phi) is 8.31. The molecule has 2 heterocycles. The maximum atomic E-state index is 13.7. The van der Waals surface area contributed by atoms with Crippen molar-refractivity contribution in [3.8, 4) is 0 Å². The van der Waals surface area contributed by atoms with Gasteiger partial charge in [0.15, 0.2) is 0 Å². The van der Waals surface area contributed by atoms with Crippen molar-refractivity contribution >= 4 is 55.5 Å². The fourth-order valence-corrected chi connectivity index (χ4v) is 5.53. The molecule has 194 valence electrons. The summed E-state index contributed by atoms with van der Waals surface area (Å²) in [5.74, 6) is -0.267. The Balaban J connectivity index is 1.55. The molecule has 0 bridgehead atoms. The molecule has 9 heteroatoms. The number of ether oxygens (including phenoxy) is 2. The average Bonchev–Trinajstić information content (AvgIpc) is 3.24. The van der Waals surface area contributed by atoms with Crippen molar-refractivity contribution in [2.75, 3.05) is 19.7 Å². The molecule has 1 unspecified atom stereocenters. The summed E-state index contributed by atoms with van der Waals surface area (Å²) in [6, 6.07) is 10.8. The summed E-state index contributed by atoms with van der Waals surface area (Å²) < 4.78 is 29.5. The van der Waals surface area contributed by atoms with Gasteiger partial charge in [0, 0.05) is 40.1 Å². The van der Waals surface area contributed by atoms with Gasteiger partial charge in [-0.05, 0) is 70.4 Å². The van der Waals surface area contributed by atoms with Crippen molar-refractivity contribution in [3.63, 3.8) is 0 Å². The number of hydrogen-bond acceptors (Lipinski definition) is 4. The standard InChI is InChI=1S/C27H32BrFIN3O3/c1-18(23-14-21(28)13-19-15-33(17-30)31-24(19)23)35-16-27(20-5-7-22(29)8-6-20)9-11-32(12-10-27)25(34)36-26(2,3)4/h5-8,13-15,18H,9-12,16-17H2,1-4H3. The number of amides is 1. The largest absolute Gasteiger partial charge is 0.444 e. The van der Waals surface area contributed by atoms with Gasteiger partial charge < -0.3 is 14.4 Å². The van der Waals surface area contributed by atoms with Gasteiger partial charge in [-0.1, -0.05) is 50.7 Å². The van der Waals surface area contributed by atoms with Crippen LogP contribution in [0.25, 0.3) is 10.9 Å². The molecule has 0 radical (unpaired) electrons. The molecule has 2 aromatic carbocycles. The first-order valence-electron chi connectivity index (χ1n) is 12.1. The van der Waals surface area contributed by atoms with Crippen LogP contribution in [0.15, 0.2) is 47.1 Å². The van der Waals surface area contributed by atoms with Crippen LogP contribution in [0, 0.1) is 5.82 Å². The summed E-state index contributed by atoms with van der Waals surface area (Å²) in [6.07, 6.45) is 2.93. The molecule has 3 aromatic rings. The average molecular weight is 672 g/mol. The molecule has 36 heavy (non-hydrogen) atoms. The normalized spacial score (nSPS) is 16.8. The lowest BCUT2D eigenvalue weighted by Crippen LogP contribution is -2.48. The van der Waals surface area contributed by atoms with Gasteiger partial charge in [-0.15, -0.1) is 0 Å². The Morgan fingerprint density at radius 2 is 1.89 bits per heavy atom. The Bertz CT molecular complexity index is 1220. The quantitative estimate of drug-likeness (QED) is 0.203. The molecular formula is C27H32BrFIN3O3. The number of carbonyl (C=O) groups is 1. The van der Waals surface area contributed by atoms with E-state index in [-0.39, 0.29) is 23.4 Å². The Morgan fingerprint density at radius 3 is 2.50 bits per heavy atom. The summed E-state index contributed by atoms with van der Waals surface area (Å²) in [5.41, 5.74) is 2.09. The number of halogens is 3. The summed E-state index contributed by atoms with van der Waals surface area (Å²) in [6.45, 7) is 9.19. The first-order chi connectivity index (χ1) is 17.0. The minimum Gasteiger partial charge on any atom is -0.444 e. The topological polar surface area (TPSA) is 56.6 Å². The van der Waals surface area contributed by atoms with Crippen LogP contribution < -0.4 is 0 Å². The summed E-state index contributed by atoms with van der Waals surface area (Å²) in [5, 5.41) is 5.80. The smallest absolute Gasteiger partial charge is 0.410 e. The van der Waals surface area contributed by atoms with Gasteiger partial charge in [0.25, 0.3) is 0 Å². The van der Waals surface area contributed by atoms with E-state index in [4.69, 9.17) is 14.6 Å². The van der Waals surface area contributed by atoms with Crippen LogP contribution >= 0.6 is 38.5 Å². The highest BCUT2D eigenvalue weighted by atomic mass is 127. The Hall–Kier alpha value is -1.72. The number of piperidine rings is 1. The minimum absolute atomic E-state index is 0.205. The van der Waals surface area contributed by atoms with Gasteiger partial charge in [0.05, 0.1) is 22.8 Å². The maximum absolute atomic E-state index is 13.7. The molecule has 1 amide bonds. The molecule has 1 aliphatic rings. The van der Waals surface area contributed by atoms with Gasteiger partial charge >= 0.3 is 6.09 Å². The molecule has 6 nitrogen and oxygen atoms in total. The van der Waals surface area contributed by atoms with E-state index in [0.717, 1.165) is 31.1 Å². The monoisotopic (exact) mass is 671 g/mol. The predicted octanol–water partition coefficient (Wildman–Crippen LogP) is 7.38. The van der Waals surface area contributed by atoms with Gasteiger partial charge in [-0.3, -0.25) is 4.68 Å². The van der Waals surface area contributed by atoms with E-state index < -0.39 is 5.60 Å². The van der Waals surface area contributed by atoms with Crippen LogP contribution in [-0.2, 0) is 19.4 Å². The minimum atomic E-state index is -0.541. The second kappa shape index (κ2) is 10.9. The summed E-state index contributed by atoms with van der Waals surface area (Å²) >= 11 is 5.92. The first-order valence-corrected chi connectivity index (χ1v) is 14.4. The van der Waals surface area contributed by atoms with Crippen LogP contribution in [-0.4, -0.2) is 46.1 Å². The van der Waals surface area contributed by atoms with E-state index in [0.29, 0.717) is 32.5 Å². The van der Waals surface area contributed by atoms with Gasteiger partial charge in [-0.2, -0.15) is 5.10 Å². The van der Waals surface area contributed by atoms with E-state index in [9.17, 15) is 9.18 Å². The van der Waals surface area contributed by atoms with Crippen LogP contribution in [0.5, 0.6) is 0 Å². The number of hydrogen-bond donors (Lipinski definition) is 0. The second-order valence-electron chi connectivity index (χ2n) is 10.4. The van der Waals surface area contributed by atoms with Gasteiger partial charge in [-0.25, -0.2) is 9.18 Å². The van der Waals surface area contributed by atoms with E-state index in [1.807, 2.05) is 50.7 Å². The molecule has 0 aliphatic carbocycles. The zero-order valence-electron chi connectivity index (χ0n) is 21.1. The van der Waals surface area contributed by atoms with Crippen molar-refractivity contribution in [2.45, 2.75) is 62.2 Å². The highest BCUT2D eigenvalue weighted by Gasteiger charge is 2.39. The molecule has 1 aromatic heterocycles.